The normalized spacial score (nSPS) is 19.3. The van der Waals surface area contributed by atoms with Gasteiger partial charge in [0.15, 0.2) is 0 Å². The maximum Gasteiger partial charge on any atom is 0.310 e. The van der Waals surface area contributed by atoms with Crippen LogP contribution in [-0.2, 0) is 11.3 Å². The Balaban J connectivity index is 2.09. The Morgan fingerprint density at radius 2 is 1.89 bits per heavy atom. The molecule has 19 heavy (non-hydrogen) atoms. The molecule has 1 atom stereocenters. The number of likely N-dealkylation sites (N-methyl/N-ethyl adjacent to an activating group) is 1. The maximum absolute atomic E-state index is 11.2. The van der Waals surface area contributed by atoms with Crippen molar-refractivity contribution in [2.24, 2.45) is 0 Å². The zero-order chi connectivity index (χ0) is 13.8. The SMILES string of the molecule is CC(C(=O)O)c1ccccc1CN1CCN(C)CC1. The van der Waals surface area contributed by atoms with Crippen molar-refractivity contribution >= 4 is 5.97 Å². The van der Waals surface area contributed by atoms with Crippen LogP contribution in [0.2, 0.25) is 0 Å². The summed E-state index contributed by atoms with van der Waals surface area (Å²) < 4.78 is 0. The van der Waals surface area contributed by atoms with Crippen molar-refractivity contribution in [3.05, 3.63) is 35.4 Å². The Morgan fingerprint density at radius 1 is 1.26 bits per heavy atom. The molecule has 0 spiro atoms. The van der Waals surface area contributed by atoms with Crippen molar-refractivity contribution in [2.45, 2.75) is 19.4 Å². The lowest BCUT2D eigenvalue weighted by atomic mass is 9.95. The molecule has 0 radical (unpaired) electrons. The summed E-state index contributed by atoms with van der Waals surface area (Å²) in [6, 6.07) is 7.89. The van der Waals surface area contributed by atoms with Gasteiger partial charge >= 0.3 is 5.97 Å². The van der Waals surface area contributed by atoms with Crippen LogP contribution < -0.4 is 0 Å². The van der Waals surface area contributed by atoms with Gasteiger partial charge in [-0.1, -0.05) is 24.3 Å². The summed E-state index contributed by atoms with van der Waals surface area (Å²) in [6.45, 7) is 6.86. The molecule has 0 bridgehead atoms. The molecule has 0 aromatic heterocycles. The van der Waals surface area contributed by atoms with Crippen molar-refractivity contribution in [3.8, 4) is 0 Å². The zero-order valence-electron chi connectivity index (χ0n) is 11.7. The fraction of sp³-hybridized carbons (Fsp3) is 0.533. The van der Waals surface area contributed by atoms with Crippen molar-refractivity contribution in [3.63, 3.8) is 0 Å². The number of carboxylic acids is 1. The van der Waals surface area contributed by atoms with Gasteiger partial charge in [0.2, 0.25) is 0 Å². The standard InChI is InChI=1S/C15H22N2O2/c1-12(15(18)19)14-6-4-3-5-13(14)11-17-9-7-16(2)8-10-17/h3-6,12H,7-11H2,1-2H3,(H,18,19). The van der Waals surface area contributed by atoms with E-state index >= 15 is 0 Å². The quantitative estimate of drug-likeness (QED) is 0.895. The van der Waals surface area contributed by atoms with Gasteiger partial charge in [0, 0.05) is 32.7 Å². The molecular weight excluding hydrogens is 240 g/mol. The van der Waals surface area contributed by atoms with Crippen molar-refractivity contribution in [1.82, 2.24) is 9.80 Å². The number of hydrogen-bond donors (Lipinski definition) is 1. The molecule has 0 amide bonds. The Kier molecular flexibility index (Phi) is 4.56. The van der Waals surface area contributed by atoms with Crippen LogP contribution in [-0.4, -0.2) is 54.1 Å². The summed E-state index contributed by atoms with van der Waals surface area (Å²) >= 11 is 0. The highest BCUT2D eigenvalue weighted by Gasteiger charge is 2.19. The van der Waals surface area contributed by atoms with E-state index in [0.717, 1.165) is 43.9 Å². The fourth-order valence-electron chi connectivity index (χ4n) is 2.48. The van der Waals surface area contributed by atoms with Crippen LogP contribution in [0, 0.1) is 0 Å². The van der Waals surface area contributed by atoms with E-state index in [1.807, 2.05) is 24.3 Å². The number of hydrogen-bond acceptors (Lipinski definition) is 3. The number of carbonyl (C=O) groups is 1. The molecular formula is C15H22N2O2. The number of nitrogens with zero attached hydrogens (tertiary/aromatic N) is 2. The first-order valence-corrected chi connectivity index (χ1v) is 6.79. The lowest BCUT2D eigenvalue weighted by Crippen LogP contribution is -2.44. The van der Waals surface area contributed by atoms with Crippen molar-refractivity contribution in [1.29, 1.82) is 0 Å². The molecule has 104 valence electrons. The van der Waals surface area contributed by atoms with E-state index in [0.29, 0.717) is 0 Å². The third-order valence-electron chi connectivity index (χ3n) is 3.88. The second-order valence-corrected chi connectivity index (χ2v) is 5.34. The third-order valence-corrected chi connectivity index (χ3v) is 3.88. The molecule has 1 aromatic rings. The first-order valence-electron chi connectivity index (χ1n) is 6.79. The number of benzene rings is 1. The summed E-state index contributed by atoms with van der Waals surface area (Å²) in [6.07, 6.45) is 0. The molecule has 1 saturated heterocycles. The summed E-state index contributed by atoms with van der Waals surface area (Å²) in [7, 11) is 2.14. The maximum atomic E-state index is 11.2. The molecule has 4 heteroatoms. The van der Waals surface area contributed by atoms with Gasteiger partial charge in [-0.3, -0.25) is 9.69 Å². The topological polar surface area (TPSA) is 43.8 Å². The van der Waals surface area contributed by atoms with E-state index in [1.54, 1.807) is 6.92 Å². The summed E-state index contributed by atoms with van der Waals surface area (Å²) in [5.74, 6) is -1.20. The van der Waals surface area contributed by atoms with Crippen LogP contribution in [0.15, 0.2) is 24.3 Å². The van der Waals surface area contributed by atoms with Gasteiger partial charge in [-0.15, -0.1) is 0 Å². The van der Waals surface area contributed by atoms with Crippen LogP contribution in [0.4, 0.5) is 0 Å². The summed E-state index contributed by atoms with van der Waals surface area (Å²) in [4.78, 5) is 15.9. The van der Waals surface area contributed by atoms with Crippen LogP contribution >= 0.6 is 0 Å². The Morgan fingerprint density at radius 3 is 2.53 bits per heavy atom. The molecule has 1 heterocycles. The highest BCUT2D eigenvalue weighted by Crippen LogP contribution is 2.21. The molecule has 1 aromatic carbocycles. The van der Waals surface area contributed by atoms with Gasteiger partial charge in [-0.2, -0.15) is 0 Å². The molecule has 1 aliphatic rings. The smallest absolute Gasteiger partial charge is 0.310 e. The van der Waals surface area contributed by atoms with E-state index in [4.69, 9.17) is 0 Å². The van der Waals surface area contributed by atoms with Crippen LogP contribution in [0.25, 0.3) is 0 Å². The number of aliphatic carboxylic acids is 1. The average molecular weight is 262 g/mol. The third kappa shape index (κ3) is 3.55. The van der Waals surface area contributed by atoms with Gasteiger partial charge in [0.05, 0.1) is 5.92 Å². The summed E-state index contributed by atoms with van der Waals surface area (Å²) in [5.41, 5.74) is 2.08. The Bertz CT molecular complexity index is 440. The monoisotopic (exact) mass is 262 g/mol. The van der Waals surface area contributed by atoms with Gasteiger partial charge in [0.25, 0.3) is 0 Å². The summed E-state index contributed by atoms with van der Waals surface area (Å²) in [5, 5.41) is 9.18. The lowest BCUT2D eigenvalue weighted by Gasteiger charge is -2.33. The molecule has 1 aliphatic heterocycles. The zero-order valence-corrected chi connectivity index (χ0v) is 11.7. The van der Waals surface area contributed by atoms with Crippen molar-refractivity contribution < 1.29 is 9.90 Å². The van der Waals surface area contributed by atoms with Gasteiger partial charge in [0.1, 0.15) is 0 Å². The predicted octanol–water partition coefficient (Wildman–Crippen LogP) is 1.62. The molecule has 1 fully saturated rings. The fourth-order valence-corrected chi connectivity index (χ4v) is 2.48. The van der Waals surface area contributed by atoms with Gasteiger partial charge in [-0.25, -0.2) is 0 Å². The molecule has 2 rings (SSSR count). The van der Waals surface area contributed by atoms with Crippen LogP contribution in [0.1, 0.15) is 24.0 Å². The predicted molar refractivity (Wildman–Crippen MR) is 75.3 cm³/mol. The largest absolute Gasteiger partial charge is 0.481 e. The van der Waals surface area contributed by atoms with E-state index in [1.165, 1.54) is 0 Å². The van der Waals surface area contributed by atoms with E-state index < -0.39 is 11.9 Å². The molecule has 0 aliphatic carbocycles. The molecule has 1 unspecified atom stereocenters. The lowest BCUT2D eigenvalue weighted by molar-refractivity contribution is -0.138. The molecule has 1 N–H and O–H groups in total. The first-order chi connectivity index (χ1) is 9.08. The minimum Gasteiger partial charge on any atom is -0.481 e. The minimum absolute atomic E-state index is 0.441. The Hall–Kier alpha value is -1.39. The number of piperazine rings is 1. The first kappa shape index (κ1) is 14.0. The number of rotatable bonds is 4. The minimum atomic E-state index is -0.758. The Labute approximate surface area is 114 Å². The van der Waals surface area contributed by atoms with E-state index in [-0.39, 0.29) is 0 Å². The van der Waals surface area contributed by atoms with Crippen molar-refractivity contribution in [2.75, 3.05) is 33.2 Å². The van der Waals surface area contributed by atoms with Crippen LogP contribution in [0.5, 0.6) is 0 Å². The van der Waals surface area contributed by atoms with E-state index in [2.05, 4.69) is 16.8 Å². The molecule has 0 saturated carbocycles. The second-order valence-electron chi connectivity index (χ2n) is 5.34. The van der Waals surface area contributed by atoms with Crippen LogP contribution in [0.3, 0.4) is 0 Å². The average Bonchev–Trinajstić information content (AvgIpc) is 2.41. The van der Waals surface area contributed by atoms with Gasteiger partial charge in [-0.05, 0) is 25.1 Å². The number of carboxylic acid groups (broad SMARTS) is 1. The van der Waals surface area contributed by atoms with Gasteiger partial charge < -0.3 is 10.0 Å². The highest BCUT2D eigenvalue weighted by atomic mass is 16.4. The molecule has 4 nitrogen and oxygen atoms in total. The van der Waals surface area contributed by atoms with E-state index in [9.17, 15) is 9.90 Å². The highest BCUT2D eigenvalue weighted by molar-refractivity contribution is 5.76. The second kappa shape index (κ2) is 6.17.